The van der Waals surface area contributed by atoms with E-state index in [0.717, 1.165) is 25.7 Å². The average molecular weight is 338 g/mol. The van der Waals surface area contributed by atoms with Crippen LogP contribution in [0.1, 0.15) is 58.8 Å². The molecule has 0 aromatic rings. The Balaban J connectivity index is 1.99. The van der Waals surface area contributed by atoms with E-state index in [-0.39, 0.29) is 47.9 Å². The second-order valence-corrected chi connectivity index (χ2v) is 8.77. The molecule has 3 fully saturated rings. The summed E-state index contributed by atoms with van der Waals surface area (Å²) in [4.78, 5) is 24.8. The average Bonchev–Trinajstić information content (AvgIpc) is 2.52. The summed E-state index contributed by atoms with van der Waals surface area (Å²) in [5.74, 6) is -0.469. The van der Waals surface area contributed by atoms with Gasteiger partial charge >= 0.3 is 5.97 Å². The molecule has 5 heteroatoms. The Labute approximate surface area is 143 Å². The molecule has 6 unspecified atom stereocenters. The van der Waals surface area contributed by atoms with Gasteiger partial charge in [0.2, 0.25) is 0 Å². The Kier molecular flexibility index (Phi) is 4.32. The molecule has 0 saturated heterocycles. The first kappa shape index (κ1) is 17.9. The van der Waals surface area contributed by atoms with Crippen molar-refractivity contribution in [2.45, 2.75) is 64.4 Å². The first-order valence-corrected chi connectivity index (χ1v) is 9.15. The fraction of sp³-hybridized carbons (Fsp3) is 0.895. The molecule has 3 aliphatic carbocycles. The molecule has 2 N–H and O–H groups in total. The minimum absolute atomic E-state index is 0.0233. The van der Waals surface area contributed by atoms with Crippen molar-refractivity contribution in [2.75, 3.05) is 13.7 Å². The van der Waals surface area contributed by atoms with Gasteiger partial charge in [-0.3, -0.25) is 9.59 Å². The number of aliphatic hydroxyl groups excluding tert-OH is 1. The summed E-state index contributed by atoms with van der Waals surface area (Å²) in [6, 6.07) is 0. The topological polar surface area (TPSA) is 83.8 Å². The lowest BCUT2D eigenvalue weighted by molar-refractivity contribution is -0.209. The van der Waals surface area contributed by atoms with Crippen molar-refractivity contribution in [2.24, 2.45) is 28.6 Å². The van der Waals surface area contributed by atoms with Crippen molar-refractivity contribution < 1.29 is 24.5 Å². The Morgan fingerprint density at radius 3 is 2.58 bits per heavy atom. The number of fused-ring (bicyclic) bond motifs is 3. The molecule has 0 amide bonds. The maximum Gasteiger partial charge on any atom is 0.311 e. The molecular weight excluding hydrogens is 308 g/mol. The smallest absolute Gasteiger partial charge is 0.311 e. The molecule has 0 heterocycles. The lowest BCUT2D eigenvalue weighted by atomic mass is 9.42. The van der Waals surface area contributed by atoms with Crippen LogP contribution in [0.5, 0.6) is 0 Å². The van der Waals surface area contributed by atoms with Gasteiger partial charge in [-0.25, -0.2) is 0 Å². The predicted octanol–water partition coefficient (Wildman–Crippen LogP) is 2.08. The zero-order valence-corrected chi connectivity index (χ0v) is 15.0. The first-order valence-electron chi connectivity index (χ1n) is 9.15. The van der Waals surface area contributed by atoms with Crippen LogP contribution in [0.2, 0.25) is 0 Å². The van der Waals surface area contributed by atoms with Gasteiger partial charge in [0.1, 0.15) is 5.78 Å². The third kappa shape index (κ3) is 2.35. The molecular formula is C19H30O5. The molecule has 3 saturated carbocycles. The van der Waals surface area contributed by atoms with Crippen LogP contribution in [0.3, 0.4) is 0 Å². The van der Waals surface area contributed by atoms with Gasteiger partial charge in [-0.05, 0) is 56.3 Å². The second kappa shape index (κ2) is 5.80. The standard InChI is InChI=1S/C19H30O5/c1-17-6-4-7-18(2,16(22)24-3)14(17)5-8-19(23)10-13(21)12(11-20)9-15(17)19/h12,14-15,20,23H,4-11H2,1-3H3. The Morgan fingerprint density at radius 2 is 1.96 bits per heavy atom. The minimum atomic E-state index is -0.984. The first-order chi connectivity index (χ1) is 11.2. The number of Topliss-reactive ketones (excluding diaryl/α,β-unsaturated/α-hetero) is 1. The molecule has 0 aromatic carbocycles. The fourth-order valence-electron chi connectivity index (χ4n) is 6.38. The highest BCUT2D eigenvalue weighted by atomic mass is 16.5. The van der Waals surface area contributed by atoms with E-state index in [9.17, 15) is 19.8 Å². The normalized spacial score (nSPS) is 48.4. The Hall–Kier alpha value is -0.940. The van der Waals surface area contributed by atoms with E-state index in [2.05, 4.69) is 6.92 Å². The molecule has 6 atom stereocenters. The molecule has 3 aliphatic rings. The number of esters is 1. The van der Waals surface area contributed by atoms with Crippen LogP contribution < -0.4 is 0 Å². The monoisotopic (exact) mass is 338 g/mol. The van der Waals surface area contributed by atoms with Crippen LogP contribution in [0.25, 0.3) is 0 Å². The summed E-state index contributed by atoms with van der Waals surface area (Å²) in [6.07, 6.45) is 4.64. The van der Waals surface area contributed by atoms with Crippen molar-refractivity contribution in [1.29, 1.82) is 0 Å². The summed E-state index contributed by atoms with van der Waals surface area (Å²) in [7, 11) is 1.44. The number of ether oxygens (including phenoxy) is 1. The van der Waals surface area contributed by atoms with Gasteiger partial charge in [0.15, 0.2) is 0 Å². The van der Waals surface area contributed by atoms with Gasteiger partial charge in [0.05, 0.1) is 24.7 Å². The Bertz CT molecular complexity index is 546. The lowest BCUT2D eigenvalue weighted by Gasteiger charge is -2.63. The van der Waals surface area contributed by atoms with E-state index in [0.29, 0.717) is 12.8 Å². The number of rotatable bonds is 2. The number of ketones is 1. The van der Waals surface area contributed by atoms with E-state index in [1.54, 1.807) is 0 Å². The van der Waals surface area contributed by atoms with Crippen LogP contribution in [-0.2, 0) is 14.3 Å². The molecule has 0 radical (unpaired) electrons. The second-order valence-electron chi connectivity index (χ2n) is 8.77. The summed E-state index contributed by atoms with van der Waals surface area (Å²) >= 11 is 0. The van der Waals surface area contributed by atoms with Crippen LogP contribution >= 0.6 is 0 Å². The maximum absolute atomic E-state index is 12.5. The van der Waals surface area contributed by atoms with Gasteiger partial charge in [0.25, 0.3) is 0 Å². The molecule has 24 heavy (non-hydrogen) atoms. The van der Waals surface area contributed by atoms with Crippen molar-refractivity contribution in [1.82, 2.24) is 0 Å². The van der Waals surface area contributed by atoms with Gasteiger partial charge in [0, 0.05) is 12.3 Å². The highest BCUT2D eigenvalue weighted by Gasteiger charge is 2.64. The zero-order valence-electron chi connectivity index (χ0n) is 15.0. The number of methoxy groups -OCH3 is 1. The van der Waals surface area contributed by atoms with Crippen molar-refractivity contribution in [3.8, 4) is 0 Å². The number of carbonyl (C=O) groups is 2. The van der Waals surface area contributed by atoms with E-state index < -0.39 is 11.0 Å². The number of carbonyl (C=O) groups excluding carboxylic acids is 2. The number of aliphatic hydroxyl groups is 2. The number of hydrogen-bond donors (Lipinski definition) is 2. The van der Waals surface area contributed by atoms with E-state index in [1.165, 1.54) is 7.11 Å². The Morgan fingerprint density at radius 1 is 1.25 bits per heavy atom. The third-order valence-electron chi connectivity index (χ3n) is 7.62. The van der Waals surface area contributed by atoms with Gasteiger partial charge < -0.3 is 14.9 Å². The molecule has 5 nitrogen and oxygen atoms in total. The summed E-state index contributed by atoms with van der Waals surface area (Å²) in [5, 5.41) is 20.8. The number of hydrogen-bond acceptors (Lipinski definition) is 5. The molecule has 0 aliphatic heterocycles. The highest BCUT2D eigenvalue weighted by Crippen LogP contribution is 2.65. The van der Waals surface area contributed by atoms with E-state index in [4.69, 9.17) is 4.74 Å². The van der Waals surface area contributed by atoms with Gasteiger partial charge in [-0.1, -0.05) is 13.3 Å². The molecule has 0 spiro atoms. The summed E-state index contributed by atoms with van der Waals surface area (Å²) in [5.41, 5.74) is -1.72. The predicted molar refractivity (Wildman–Crippen MR) is 88.1 cm³/mol. The van der Waals surface area contributed by atoms with Crippen LogP contribution in [0, 0.1) is 28.6 Å². The van der Waals surface area contributed by atoms with E-state index >= 15 is 0 Å². The van der Waals surface area contributed by atoms with Crippen molar-refractivity contribution >= 4 is 11.8 Å². The minimum Gasteiger partial charge on any atom is -0.469 e. The van der Waals surface area contributed by atoms with Crippen LogP contribution in [-0.4, -0.2) is 41.3 Å². The highest BCUT2D eigenvalue weighted by molar-refractivity contribution is 5.83. The fourth-order valence-corrected chi connectivity index (χ4v) is 6.38. The van der Waals surface area contributed by atoms with Crippen LogP contribution in [0.15, 0.2) is 0 Å². The molecule has 0 aromatic heterocycles. The molecule has 0 bridgehead atoms. The summed E-state index contributed by atoms with van der Waals surface area (Å²) < 4.78 is 5.11. The lowest BCUT2D eigenvalue weighted by Crippen LogP contribution is -2.63. The maximum atomic E-state index is 12.5. The van der Waals surface area contributed by atoms with E-state index in [1.807, 2.05) is 6.92 Å². The quantitative estimate of drug-likeness (QED) is 0.753. The summed E-state index contributed by atoms with van der Waals surface area (Å²) in [6.45, 7) is 4.03. The van der Waals surface area contributed by atoms with Crippen LogP contribution in [0.4, 0.5) is 0 Å². The van der Waals surface area contributed by atoms with Gasteiger partial charge in [-0.2, -0.15) is 0 Å². The largest absolute Gasteiger partial charge is 0.469 e. The van der Waals surface area contributed by atoms with Crippen molar-refractivity contribution in [3.05, 3.63) is 0 Å². The van der Waals surface area contributed by atoms with Crippen molar-refractivity contribution in [3.63, 3.8) is 0 Å². The zero-order chi connectivity index (χ0) is 17.8. The molecule has 3 rings (SSSR count). The van der Waals surface area contributed by atoms with Gasteiger partial charge in [-0.15, -0.1) is 0 Å². The molecule has 136 valence electrons. The SMILES string of the molecule is COC(=O)C1(C)CCCC2(C)C3CC(CO)C(=O)CC3(O)CCC12. The third-order valence-corrected chi connectivity index (χ3v) is 7.62.